The van der Waals surface area contributed by atoms with E-state index in [-0.39, 0.29) is 24.8 Å². The Kier molecular flexibility index (Phi) is 10.2. The van der Waals surface area contributed by atoms with E-state index in [1.165, 1.54) is 4.31 Å². The summed E-state index contributed by atoms with van der Waals surface area (Å²) in [5.74, 6) is -0.417. The van der Waals surface area contributed by atoms with Crippen molar-refractivity contribution in [3.63, 3.8) is 0 Å². The molecule has 2 amide bonds. The third-order valence-electron chi connectivity index (χ3n) is 5.42. The van der Waals surface area contributed by atoms with Gasteiger partial charge in [0.2, 0.25) is 21.8 Å². The summed E-state index contributed by atoms with van der Waals surface area (Å²) in [6, 6.07) is 15.6. The monoisotopic (exact) mass is 521 g/mol. The highest BCUT2D eigenvalue weighted by Crippen LogP contribution is 2.21. The molecular weight excluding hydrogens is 486 g/mol. The Morgan fingerprint density at radius 1 is 1.00 bits per heavy atom. The smallest absolute Gasteiger partial charge is 0.242 e. The molecule has 1 N–H and O–H groups in total. The average molecular weight is 522 g/mol. The van der Waals surface area contributed by atoms with Gasteiger partial charge in [0.1, 0.15) is 6.04 Å². The molecule has 7 nitrogen and oxygen atoms in total. The number of nitrogens with zero attached hydrogens (tertiary/aromatic N) is 2. The van der Waals surface area contributed by atoms with Crippen LogP contribution in [-0.2, 0) is 26.0 Å². The van der Waals surface area contributed by atoms with Crippen molar-refractivity contribution in [1.29, 1.82) is 0 Å². The predicted octanol–water partition coefficient (Wildman–Crippen LogP) is 4.26. The maximum absolute atomic E-state index is 13.2. The van der Waals surface area contributed by atoms with Crippen molar-refractivity contribution < 1.29 is 18.0 Å². The first kappa shape index (κ1) is 28.7. The van der Waals surface area contributed by atoms with Gasteiger partial charge in [0.15, 0.2) is 0 Å². The number of halogens is 1. The van der Waals surface area contributed by atoms with Crippen LogP contribution < -0.4 is 9.62 Å². The molecule has 192 valence electrons. The third kappa shape index (κ3) is 9.53. The quantitative estimate of drug-likeness (QED) is 0.478. The largest absolute Gasteiger partial charge is 0.350 e. The van der Waals surface area contributed by atoms with Crippen molar-refractivity contribution >= 4 is 39.1 Å². The van der Waals surface area contributed by atoms with Gasteiger partial charge in [-0.25, -0.2) is 8.42 Å². The van der Waals surface area contributed by atoms with Crippen LogP contribution >= 0.6 is 11.6 Å². The fourth-order valence-electron chi connectivity index (χ4n) is 3.66. The number of hydrogen-bond donors (Lipinski definition) is 1. The molecule has 0 aliphatic heterocycles. The van der Waals surface area contributed by atoms with Gasteiger partial charge in [0, 0.05) is 30.1 Å². The minimum atomic E-state index is -3.54. The zero-order chi connectivity index (χ0) is 26.2. The summed E-state index contributed by atoms with van der Waals surface area (Å²) in [5, 5.41) is 3.45. The lowest BCUT2D eigenvalue weighted by atomic mass is 10.1. The molecule has 0 aromatic heterocycles. The van der Waals surface area contributed by atoms with E-state index in [0.717, 1.165) is 11.8 Å². The van der Waals surface area contributed by atoms with E-state index in [2.05, 4.69) is 5.32 Å². The maximum Gasteiger partial charge on any atom is 0.242 e. The molecule has 0 fully saturated rings. The number of carbonyl (C=O) groups excluding carboxylic acids is 2. The Morgan fingerprint density at radius 2 is 1.60 bits per heavy atom. The van der Waals surface area contributed by atoms with Gasteiger partial charge >= 0.3 is 0 Å². The lowest BCUT2D eigenvalue weighted by Gasteiger charge is -2.32. The summed E-state index contributed by atoms with van der Waals surface area (Å²) >= 11 is 5.93. The fraction of sp³-hybridized carbons (Fsp3) is 0.462. The zero-order valence-electron chi connectivity index (χ0n) is 21.1. The van der Waals surface area contributed by atoms with Crippen molar-refractivity contribution in [1.82, 2.24) is 10.2 Å². The molecule has 9 heteroatoms. The second-order valence-electron chi connectivity index (χ2n) is 9.65. The van der Waals surface area contributed by atoms with E-state index in [1.807, 2.05) is 51.1 Å². The van der Waals surface area contributed by atoms with E-state index in [0.29, 0.717) is 30.1 Å². The number of sulfonamides is 1. The summed E-state index contributed by atoms with van der Waals surface area (Å²) in [6.45, 7) is 7.93. The van der Waals surface area contributed by atoms with Crippen LogP contribution in [0.1, 0.15) is 46.1 Å². The topological polar surface area (TPSA) is 86.8 Å². The van der Waals surface area contributed by atoms with Gasteiger partial charge in [-0.2, -0.15) is 0 Å². The molecule has 0 saturated carbocycles. The molecule has 2 aromatic carbocycles. The van der Waals surface area contributed by atoms with Crippen LogP contribution in [0.3, 0.4) is 0 Å². The first-order valence-corrected chi connectivity index (χ1v) is 13.9. The molecule has 2 rings (SSSR count). The van der Waals surface area contributed by atoms with E-state index in [1.54, 1.807) is 36.1 Å². The van der Waals surface area contributed by atoms with Crippen LogP contribution in [0.15, 0.2) is 54.6 Å². The van der Waals surface area contributed by atoms with Crippen LogP contribution in [-0.4, -0.2) is 56.1 Å². The van der Waals surface area contributed by atoms with Crippen molar-refractivity contribution in [3.8, 4) is 0 Å². The molecule has 0 spiro atoms. The van der Waals surface area contributed by atoms with Crippen LogP contribution in [0.5, 0.6) is 0 Å². The first-order chi connectivity index (χ1) is 16.3. The van der Waals surface area contributed by atoms with Gasteiger partial charge in [0.05, 0.1) is 11.9 Å². The van der Waals surface area contributed by atoms with Crippen molar-refractivity contribution in [2.75, 3.05) is 23.7 Å². The highest BCUT2D eigenvalue weighted by atomic mass is 35.5. The molecule has 0 aliphatic carbocycles. The number of rotatable bonds is 11. The number of benzene rings is 2. The normalized spacial score (nSPS) is 12.6. The van der Waals surface area contributed by atoms with Crippen LogP contribution in [0, 0.1) is 0 Å². The highest BCUT2D eigenvalue weighted by Gasteiger charge is 2.28. The van der Waals surface area contributed by atoms with Crippen molar-refractivity contribution in [3.05, 3.63) is 65.2 Å². The van der Waals surface area contributed by atoms with Gasteiger partial charge in [0.25, 0.3) is 0 Å². The molecule has 0 heterocycles. The van der Waals surface area contributed by atoms with E-state index in [4.69, 9.17) is 11.6 Å². The van der Waals surface area contributed by atoms with Gasteiger partial charge in [-0.1, -0.05) is 41.9 Å². The molecule has 35 heavy (non-hydrogen) atoms. The van der Waals surface area contributed by atoms with Crippen LogP contribution in [0.2, 0.25) is 5.02 Å². The number of amides is 2. The molecule has 0 aliphatic rings. The number of anilines is 1. The molecule has 0 bridgehead atoms. The SMILES string of the molecule is C[C@@H](C(=O)NC(C)(C)C)N(CCc1ccccc1)C(=O)CCCN(c1ccc(Cl)cc1)S(C)(=O)=O. The van der Waals surface area contributed by atoms with E-state index in [9.17, 15) is 18.0 Å². The van der Waals surface area contributed by atoms with E-state index >= 15 is 0 Å². The average Bonchev–Trinajstić information content (AvgIpc) is 2.76. The van der Waals surface area contributed by atoms with Gasteiger partial charge in [-0.15, -0.1) is 0 Å². The molecule has 0 radical (unpaired) electrons. The van der Waals surface area contributed by atoms with E-state index < -0.39 is 21.6 Å². The highest BCUT2D eigenvalue weighted by molar-refractivity contribution is 7.92. The molecule has 0 unspecified atom stereocenters. The lowest BCUT2D eigenvalue weighted by molar-refractivity contribution is -0.140. The fourth-order valence-corrected chi connectivity index (χ4v) is 4.75. The number of carbonyl (C=O) groups is 2. The molecule has 1 atom stereocenters. The summed E-state index contributed by atoms with van der Waals surface area (Å²) < 4.78 is 26.0. The van der Waals surface area contributed by atoms with Crippen LogP contribution in [0.25, 0.3) is 0 Å². The predicted molar refractivity (Wildman–Crippen MR) is 142 cm³/mol. The Hall–Kier alpha value is -2.58. The van der Waals surface area contributed by atoms with Gasteiger partial charge in [-0.05, 0) is 70.4 Å². The minimum Gasteiger partial charge on any atom is -0.350 e. The Bertz CT molecular complexity index is 1080. The third-order valence-corrected chi connectivity index (χ3v) is 6.86. The zero-order valence-corrected chi connectivity index (χ0v) is 22.7. The van der Waals surface area contributed by atoms with Gasteiger partial charge < -0.3 is 10.2 Å². The minimum absolute atomic E-state index is 0.113. The number of nitrogens with one attached hydrogen (secondary N) is 1. The first-order valence-electron chi connectivity index (χ1n) is 11.7. The standard InChI is InChI=1S/C26H36ClN3O4S/c1-20(25(32)28-26(2,3)4)29(19-17-21-10-7-6-8-11-21)24(31)12-9-18-30(35(5,33)34)23-15-13-22(27)14-16-23/h6-8,10-11,13-16,20H,9,12,17-19H2,1-5H3,(H,28,32)/t20-/m0/s1. The Balaban J connectivity index is 2.12. The Labute approximate surface area is 214 Å². The summed E-state index contributed by atoms with van der Waals surface area (Å²) in [7, 11) is -3.54. The summed E-state index contributed by atoms with van der Waals surface area (Å²) in [4.78, 5) is 27.7. The maximum atomic E-state index is 13.2. The molecule has 2 aromatic rings. The lowest BCUT2D eigenvalue weighted by Crippen LogP contribution is -2.53. The molecular formula is C26H36ClN3O4S. The van der Waals surface area contributed by atoms with Gasteiger partial charge in [-0.3, -0.25) is 13.9 Å². The second-order valence-corrected chi connectivity index (χ2v) is 12.0. The van der Waals surface area contributed by atoms with Crippen molar-refractivity contribution in [2.45, 2.75) is 58.5 Å². The van der Waals surface area contributed by atoms with Crippen molar-refractivity contribution in [2.24, 2.45) is 0 Å². The second kappa shape index (κ2) is 12.4. The molecule has 0 saturated heterocycles. The summed E-state index contributed by atoms with van der Waals surface area (Å²) in [5.41, 5.74) is 1.14. The number of hydrogen-bond acceptors (Lipinski definition) is 4. The van der Waals surface area contributed by atoms with Crippen LogP contribution in [0.4, 0.5) is 5.69 Å². The Morgan fingerprint density at radius 3 is 2.14 bits per heavy atom. The summed E-state index contributed by atoms with van der Waals surface area (Å²) in [6.07, 6.45) is 2.17.